The predicted octanol–water partition coefficient (Wildman–Crippen LogP) is 3.49. The maximum atomic E-state index is 12.7. The first-order valence-electron chi connectivity index (χ1n) is 8.77. The van der Waals surface area contributed by atoms with Crippen molar-refractivity contribution in [1.82, 2.24) is 4.72 Å². The van der Waals surface area contributed by atoms with Crippen LogP contribution >= 0.6 is 0 Å². The van der Waals surface area contributed by atoms with Gasteiger partial charge in [0.15, 0.2) is 0 Å². The van der Waals surface area contributed by atoms with Gasteiger partial charge in [-0.1, -0.05) is 31.0 Å². The summed E-state index contributed by atoms with van der Waals surface area (Å²) in [5.41, 5.74) is 0.988. The van der Waals surface area contributed by atoms with Crippen molar-refractivity contribution >= 4 is 10.0 Å². The summed E-state index contributed by atoms with van der Waals surface area (Å²) in [5.74, 6) is 1.33. The van der Waals surface area contributed by atoms with E-state index in [4.69, 9.17) is 9.47 Å². The van der Waals surface area contributed by atoms with Gasteiger partial charge in [-0.2, -0.15) is 0 Å². The molecule has 0 amide bonds. The predicted molar refractivity (Wildman–Crippen MR) is 101 cm³/mol. The van der Waals surface area contributed by atoms with Crippen LogP contribution in [0.2, 0.25) is 0 Å². The molecule has 1 saturated carbocycles. The molecule has 0 bridgehead atoms. The van der Waals surface area contributed by atoms with Gasteiger partial charge < -0.3 is 9.47 Å². The van der Waals surface area contributed by atoms with Gasteiger partial charge in [-0.05, 0) is 42.7 Å². The zero-order valence-electron chi connectivity index (χ0n) is 15.2. The minimum Gasteiger partial charge on any atom is -0.497 e. The molecule has 0 atom stereocenters. The van der Waals surface area contributed by atoms with E-state index < -0.39 is 10.0 Å². The van der Waals surface area contributed by atoms with Crippen molar-refractivity contribution in [3.8, 4) is 11.5 Å². The van der Waals surface area contributed by atoms with Crippen LogP contribution in [0.5, 0.6) is 11.5 Å². The SMILES string of the molecule is COc1ccc(C2(CNS(=O)(=O)c3cccc(OC)c3)CCCC2)cc1. The van der Waals surface area contributed by atoms with Gasteiger partial charge in [0.2, 0.25) is 10.0 Å². The third-order valence-electron chi connectivity index (χ3n) is 5.22. The van der Waals surface area contributed by atoms with Crippen molar-refractivity contribution in [1.29, 1.82) is 0 Å². The van der Waals surface area contributed by atoms with E-state index in [1.54, 1.807) is 25.3 Å². The summed E-state index contributed by atoms with van der Waals surface area (Å²) in [6.45, 7) is 0.388. The second kappa shape index (κ2) is 7.68. The van der Waals surface area contributed by atoms with Crippen molar-refractivity contribution in [2.45, 2.75) is 36.0 Å². The van der Waals surface area contributed by atoms with E-state index in [-0.39, 0.29) is 10.3 Å². The largest absolute Gasteiger partial charge is 0.497 e. The molecule has 2 aromatic rings. The van der Waals surface area contributed by atoms with Crippen LogP contribution in [0.15, 0.2) is 53.4 Å². The van der Waals surface area contributed by atoms with Crippen LogP contribution in [0.1, 0.15) is 31.2 Å². The Morgan fingerprint density at radius 3 is 2.23 bits per heavy atom. The number of rotatable bonds is 7. The lowest BCUT2D eigenvalue weighted by atomic mass is 9.79. The van der Waals surface area contributed by atoms with Gasteiger partial charge in [0.1, 0.15) is 11.5 Å². The van der Waals surface area contributed by atoms with E-state index >= 15 is 0 Å². The molecule has 1 aliphatic rings. The van der Waals surface area contributed by atoms with Crippen molar-refractivity contribution in [3.63, 3.8) is 0 Å². The van der Waals surface area contributed by atoms with Gasteiger partial charge in [0.05, 0.1) is 19.1 Å². The summed E-state index contributed by atoms with van der Waals surface area (Å²) in [7, 11) is -0.428. The monoisotopic (exact) mass is 375 g/mol. The molecule has 0 aromatic heterocycles. The van der Waals surface area contributed by atoms with E-state index in [9.17, 15) is 8.42 Å². The molecule has 6 heteroatoms. The first-order valence-corrected chi connectivity index (χ1v) is 10.3. The summed E-state index contributed by atoms with van der Waals surface area (Å²) < 4.78 is 38.7. The molecule has 0 radical (unpaired) electrons. The lowest BCUT2D eigenvalue weighted by Gasteiger charge is -2.30. The first-order chi connectivity index (χ1) is 12.5. The topological polar surface area (TPSA) is 64.6 Å². The molecular formula is C20H25NO4S. The number of methoxy groups -OCH3 is 2. The fourth-order valence-corrected chi connectivity index (χ4v) is 4.81. The number of sulfonamides is 1. The summed E-state index contributed by atoms with van der Waals surface area (Å²) in [6, 6.07) is 14.5. The maximum absolute atomic E-state index is 12.7. The zero-order chi connectivity index (χ0) is 18.6. The van der Waals surface area contributed by atoms with Crippen molar-refractivity contribution in [2.24, 2.45) is 0 Å². The number of nitrogens with one attached hydrogen (secondary N) is 1. The summed E-state index contributed by atoms with van der Waals surface area (Å²) in [6.07, 6.45) is 4.15. The van der Waals surface area contributed by atoms with Gasteiger partial charge in [-0.3, -0.25) is 0 Å². The molecule has 2 aromatic carbocycles. The van der Waals surface area contributed by atoms with E-state index in [1.165, 1.54) is 13.2 Å². The Labute approximate surface area is 155 Å². The van der Waals surface area contributed by atoms with Crippen LogP contribution in [-0.2, 0) is 15.4 Å². The second-order valence-corrected chi connectivity index (χ2v) is 8.49. The van der Waals surface area contributed by atoms with Gasteiger partial charge in [-0.15, -0.1) is 0 Å². The van der Waals surface area contributed by atoms with E-state index in [0.717, 1.165) is 37.0 Å². The quantitative estimate of drug-likeness (QED) is 0.804. The average molecular weight is 375 g/mol. The number of benzene rings is 2. The minimum atomic E-state index is -3.59. The third kappa shape index (κ3) is 3.86. The molecule has 0 saturated heterocycles. The Hall–Kier alpha value is -2.05. The van der Waals surface area contributed by atoms with Gasteiger partial charge in [0, 0.05) is 18.0 Å². The number of ether oxygens (including phenoxy) is 2. The first kappa shape index (κ1) is 18.7. The molecule has 0 aliphatic heterocycles. The molecule has 0 unspecified atom stereocenters. The Balaban J connectivity index is 1.81. The fourth-order valence-electron chi connectivity index (χ4n) is 3.65. The molecule has 1 fully saturated rings. The Bertz CT molecular complexity index is 840. The normalized spacial score (nSPS) is 16.4. The van der Waals surface area contributed by atoms with Crippen LogP contribution in [0.3, 0.4) is 0 Å². The van der Waals surface area contributed by atoms with Crippen molar-refractivity contribution < 1.29 is 17.9 Å². The summed E-state index contributed by atoms with van der Waals surface area (Å²) in [5, 5.41) is 0. The highest BCUT2D eigenvalue weighted by atomic mass is 32.2. The van der Waals surface area contributed by atoms with Crippen LogP contribution in [-0.4, -0.2) is 29.2 Å². The highest BCUT2D eigenvalue weighted by Crippen LogP contribution is 2.41. The molecule has 5 nitrogen and oxygen atoms in total. The van der Waals surface area contributed by atoms with Crippen LogP contribution in [0.4, 0.5) is 0 Å². The smallest absolute Gasteiger partial charge is 0.240 e. The molecule has 3 rings (SSSR count). The zero-order valence-corrected chi connectivity index (χ0v) is 16.0. The molecule has 26 heavy (non-hydrogen) atoms. The van der Waals surface area contributed by atoms with Crippen molar-refractivity contribution in [3.05, 3.63) is 54.1 Å². The van der Waals surface area contributed by atoms with Gasteiger partial charge in [-0.25, -0.2) is 13.1 Å². The molecule has 1 N–H and O–H groups in total. The Kier molecular flexibility index (Phi) is 5.53. The lowest BCUT2D eigenvalue weighted by molar-refractivity contribution is 0.410. The summed E-state index contributed by atoms with van der Waals surface area (Å²) in [4.78, 5) is 0.222. The lowest BCUT2D eigenvalue weighted by Crippen LogP contribution is -2.39. The van der Waals surface area contributed by atoms with E-state index in [1.807, 2.05) is 24.3 Å². The second-order valence-electron chi connectivity index (χ2n) is 6.72. The van der Waals surface area contributed by atoms with Gasteiger partial charge in [0.25, 0.3) is 0 Å². The van der Waals surface area contributed by atoms with E-state index in [0.29, 0.717) is 12.3 Å². The highest BCUT2D eigenvalue weighted by Gasteiger charge is 2.36. The highest BCUT2D eigenvalue weighted by molar-refractivity contribution is 7.89. The standard InChI is InChI=1S/C20H25NO4S/c1-24-17-10-8-16(9-11-17)20(12-3-4-13-20)15-21-26(22,23)19-7-5-6-18(14-19)25-2/h5-11,14,21H,3-4,12-13,15H2,1-2H3. The molecule has 1 aliphatic carbocycles. The molecule has 140 valence electrons. The van der Waals surface area contributed by atoms with Crippen LogP contribution < -0.4 is 14.2 Å². The molecular weight excluding hydrogens is 350 g/mol. The molecule has 0 heterocycles. The third-order valence-corrected chi connectivity index (χ3v) is 6.61. The minimum absolute atomic E-state index is 0.168. The fraction of sp³-hybridized carbons (Fsp3) is 0.400. The maximum Gasteiger partial charge on any atom is 0.240 e. The van der Waals surface area contributed by atoms with Crippen LogP contribution in [0.25, 0.3) is 0 Å². The molecule has 0 spiro atoms. The van der Waals surface area contributed by atoms with Gasteiger partial charge >= 0.3 is 0 Å². The van der Waals surface area contributed by atoms with Crippen molar-refractivity contribution in [2.75, 3.05) is 20.8 Å². The average Bonchev–Trinajstić information content (AvgIpc) is 3.17. The van der Waals surface area contributed by atoms with Crippen LogP contribution in [0, 0.1) is 0 Å². The summed E-state index contributed by atoms with van der Waals surface area (Å²) >= 11 is 0. The Morgan fingerprint density at radius 2 is 1.62 bits per heavy atom. The Morgan fingerprint density at radius 1 is 0.962 bits per heavy atom. The van der Waals surface area contributed by atoms with E-state index in [2.05, 4.69) is 4.72 Å². The number of hydrogen-bond acceptors (Lipinski definition) is 4. The number of hydrogen-bond donors (Lipinski definition) is 1.